The summed E-state index contributed by atoms with van der Waals surface area (Å²) in [5, 5.41) is 5.94. The maximum atomic E-state index is 11.5. The average molecular weight is 306 g/mol. The van der Waals surface area contributed by atoms with E-state index >= 15 is 0 Å². The van der Waals surface area contributed by atoms with E-state index in [1.165, 1.54) is 0 Å². The fraction of sp³-hybridized carbons (Fsp3) is 0.529. The number of amides is 1. The molecule has 0 heterocycles. The summed E-state index contributed by atoms with van der Waals surface area (Å²) in [5.74, 6) is 0.213. The Balaban J connectivity index is 2.22. The van der Waals surface area contributed by atoms with Crippen LogP contribution in [0.2, 0.25) is 0 Å². The standard InChI is InChI=1S/C17H26N2O3/c1-4-16(20)6-5-11-18-17(21)22-12-14-7-9-15(10-8-14)19-13(2)3/h7-10,13,19H,4-6,11-12H2,1-3H3,(H,18,21). The van der Waals surface area contributed by atoms with Crippen molar-refractivity contribution in [1.29, 1.82) is 0 Å². The van der Waals surface area contributed by atoms with Crippen LogP contribution in [0.15, 0.2) is 24.3 Å². The van der Waals surface area contributed by atoms with Crippen molar-refractivity contribution >= 4 is 17.6 Å². The fourth-order valence-corrected chi connectivity index (χ4v) is 1.88. The molecule has 5 nitrogen and oxygen atoms in total. The van der Waals surface area contributed by atoms with E-state index < -0.39 is 6.09 Å². The van der Waals surface area contributed by atoms with Crippen LogP contribution in [0.4, 0.5) is 10.5 Å². The molecule has 0 aromatic heterocycles. The van der Waals surface area contributed by atoms with Crippen molar-refractivity contribution < 1.29 is 14.3 Å². The Morgan fingerprint density at radius 1 is 1.18 bits per heavy atom. The van der Waals surface area contributed by atoms with E-state index in [2.05, 4.69) is 24.5 Å². The number of alkyl carbamates (subject to hydrolysis) is 1. The first kappa shape index (κ1) is 18.0. The van der Waals surface area contributed by atoms with Crippen molar-refractivity contribution in [3.8, 4) is 0 Å². The van der Waals surface area contributed by atoms with Gasteiger partial charge in [0.2, 0.25) is 0 Å². The van der Waals surface area contributed by atoms with Gasteiger partial charge in [-0.2, -0.15) is 0 Å². The number of Topliss-reactive ketones (excluding diaryl/α,β-unsaturated/α-hetero) is 1. The molecule has 0 saturated heterocycles. The molecule has 1 aromatic carbocycles. The minimum atomic E-state index is -0.451. The number of carbonyl (C=O) groups is 2. The zero-order valence-electron chi connectivity index (χ0n) is 13.6. The van der Waals surface area contributed by atoms with Crippen molar-refractivity contribution in [3.63, 3.8) is 0 Å². The molecule has 0 bridgehead atoms. The van der Waals surface area contributed by atoms with Crippen LogP contribution in [0.1, 0.15) is 45.6 Å². The highest BCUT2D eigenvalue weighted by atomic mass is 16.5. The lowest BCUT2D eigenvalue weighted by molar-refractivity contribution is -0.118. The summed E-state index contributed by atoms with van der Waals surface area (Å²) in [4.78, 5) is 22.6. The van der Waals surface area contributed by atoms with Gasteiger partial charge in [-0.15, -0.1) is 0 Å². The van der Waals surface area contributed by atoms with Gasteiger partial charge in [0.05, 0.1) is 0 Å². The number of rotatable bonds is 9. The van der Waals surface area contributed by atoms with E-state index in [-0.39, 0.29) is 12.4 Å². The van der Waals surface area contributed by atoms with Gasteiger partial charge in [0.15, 0.2) is 0 Å². The SMILES string of the molecule is CCC(=O)CCCNC(=O)OCc1ccc(NC(C)C)cc1. The molecule has 0 spiro atoms. The fourth-order valence-electron chi connectivity index (χ4n) is 1.88. The molecule has 0 radical (unpaired) electrons. The molecule has 22 heavy (non-hydrogen) atoms. The molecular weight excluding hydrogens is 280 g/mol. The monoisotopic (exact) mass is 306 g/mol. The number of carbonyl (C=O) groups excluding carboxylic acids is 2. The summed E-state index contributed by atoms with van der Waals surface area (Å²) in [5.41, 5.74) is 1.98. The van der Waals surface area contributed by atoms with Gasteiger partial charge in [-0.3, -0.25) is 4.79 Å². The van der Waals surface area contributed by atoms with E-state index in [0.717, 1.165) is 11.3 Å². The molecule has 1 amide bonds. The first-order valence-corrected chi connectivity index (χ1v) is 7.79. The predicted octanol–water partition coefficient (Wildman–Crippen LogP) is 3.49. The van der Waals surface area contributed by atoms with Gasteiger partial charge in [0.1, 0.15) is 12.4 Å². The van der Waals surface area contributed by atoms with E-state index in [1.807, 2.05) is 31.2 Å². The van der Waals surface area contributed by atoms with Gasteiger partial charge in [-0.25, -0.2) is 4.79 Å². The lowest BCUT2D eigenvalue weighted by atomic mass is 10.2. The molecule has 0 saturated carbocycles. The highest BCUT2D eigenvalue weighted by molar-refractivity contribution is 5.78. The number of benzene rings is 1. The van der Waals surface area contributed by atoms with Crippen LogP contribution in [-0.2, 0) is 16.1 Å². The Labute approximate surface area is 132 Å². The molecule has 1 aromatic rings. The number of ether oxygens (including phenoxy) is 1. The van der Waals surface area contributed by atoms with Gasteiger partial charge < -0.3 is 15.4 Å². The molecule has 1 rings (SSSR count). The third-order valence-electron chi connectivity index (χ3n) is 3.08. The number of anilines is 1. The molecule has 0 aliphatic carbocycles. The van der Waals surface area contributed by atoms with Crippen LogP contribution in [0.25, 0.3) is 0 Å². The number of hydrogen-bond acceptors (Lipinski definition) is 4. The summed E-state index contributed by atoms with van der Waals surface area (Å²) in [6.07, 6.45) is 1.25. The molecule has 0 aliphatic rings. The van der Waals surface area contributed by atoms with E-state index in [1.54, 1.807) is 0 Å². The molecular formula is C17H26N2O3. The van der Waals surface area contributed by atoms with Crippen molar-refractivity contribution in [2.24, 2.45) is 0 Å². The van der Waals surface area contributed by atoms with Gasteiger partial charge in [0.25, 0.3) is 0 Å². The minimum absolute atomic E-state index is 0.213. The molecule has 122 valence electrons. The highest BCUT2D eigenvalue weighted by Crippen LogP contribution is 2.11. The second-order valence-corrected chi connectivity index (χ2v) is 5.49. The predicted molar refractivity (Wildman–Crippen MR) is 87.9 cm³/mol. The van der Waals surface area contributed by atoms with Crippen LogP contribution in [0.3, 0.4) is 0 Å². The average Bonchev–Trinajstić information content (AvgIpc) is 2.50. The molecule has 5 heteroatoms. The molecule has 0 fully saturated rings. The molecule has 0 unspecified atom stereocenters. The van der Waals surface area contributed by atoms with Gasteiger partial charge in [-0.1, -0.05) is 19.1 Å². The van der Waals surface area contributed by atoms with E-state index in [9.17, 15) is 9.59 Å². The summed E-state index contributed by atoms with van der Waals surface area (Å²) >= 11 is 0. The lowest BCUT2D eigenvalue weighted by Crippen LogP contribution is -2.25. The van der Waals surface area contributed by atoms with Crippen molar-refractivity contribution in [2.45, 2.75) is 52.7 Å². The molecule has 0 atom stereocenters. The topological polar surface area (TPSA) is 67.4 Å². The number of ketones is 1. The normalized spacial score (nSPS) is 10.4. The Morgan fingerprint density at radius 3 is 2.45 bits per heavy atom. The first-order valence-electron chi connectivity index (χ1n) is 7.79. The maximum Gasteiger partial charge on any atom is 0.407 e. The highest BCUT2D eigenvalue weighted by Gasteiger charge is 2.04. The van der Waals surface area contributed by atoms with Crippen molar-refractivity contribution in [2.75, 3.05) is 11.9 Å². The van der Waals surface area contributed by atoms with E-state index in [0.29, 0.717) is 31.8 Å². The van der Waals surface area contributed by atoms with Crippen LogP contribution >= 0.6 is 0 Å². The first-order chi connectivity index (χ1) is 10.5. The second-order valence-electron chi connectivity index (χ2n) is 5.49. The van der Waals surface area contributed by atoms with E-state index in [4.69, 9.17) is 4.74 Å². The maximum absolute atomic E-state index is 11.5. The summed E-state index contributed by atoms with van der Waals surface area (Å²) in [7, 11) is 0. The third kappa shape index (κ3) is 7.67. The minimum Gasteiger partial charge on any atom is -0.445 e. The third-order valence-corrected chi connectivity index (χ3v) is 3.08. The Hall–Kier alpha value is -2.04. The zero-order chi connectivity index (χ0) is 16.4. The van der Waals surface area contributed by atoms with Crippen LogP contribution in [0, 0.1) is 0 Å². The smallest absolute Gasteiger partial charge is 0.407 e. The summed E-state index contributed by atoms with van der Waals surface area (Å²) in [6.45, 7) is 6.69. The molecule has 0 aliphatic heterocycles. The lowest BCUT2D eigenvalue weighted by Gasteiger charge is -2.11. The quantitative estimate of drug-likeness (QED) is 0.685. The van der Waals surface area contributed by atoms with Gasteiger partial charge in [0, 0.05) is 31.1 Å². The van der Waals surface area contributed by atoms with Crippen LogP contribution < -0.4 is 10.6 Å². The van der Waals surface area contributed by atoms with Crippen LogP contribution in [0.5, 0.6) is 0 Å². The largest absolute Gasteiger partial charge is 0.445 e. The Kier molecular flexibility index (Phi) is 8.04. The zero-order valence-corrected chi connectivity index (χ0v) is 13.6. The number of nitrogens with one attached hydrogen (secondary N) is 2. The second kappa shape index (κ2) is 9.82. The van der Waals surface area contributed by atoms with Crippen molar-refractivity contribution in [1.82, 2.24) is 5.32 Å². The number of hydrogen-bond donors (Lipinski definition) is 2. The Bertz CT molecular complexity index is 469. The summed E-state index contributed by atoms with van der Waals surface area (Å²) < 4.78 is 5.13. The van der Waals surface area contributed by atoms with Crippen molar-refractivity contribution in [3.05, 3.63) is 29.8 Å². The van der Waals surface area contributed by atoms with Gasteiger partial charge in [-0.05, 0) is 38.0 Å². The Morgan fingerprint density at radius 2 is 1.86 bits per heavy atom. The van der Waals surface area contributed by atoms with Gasteiger partial charge >= 0.3 is 6.09 Å². The molecule has 2 N–H and O–H groups in total. The summed E-state index contributed by atoms with van der Waals surface area (Å²) in [6, 6.07) is 8.17. The van der Waals surface area contributed by atoms with Crippen LogP contribution in [-0.4, -0.2) is 24.5 Å².